The zero-order chi connectivity index (χ0) is 16.3. The molecule has 0 unspecified atom stereocenters. The third-order valence-electron chi connectivity index (χ3n) is 3.82. The SMILES string of the molecule is O=S(=O)(Nc1cccc(OC2CCCC2)c1)c1ccc(F)cc1. The van der Waals surface area contributed by atoms with Crippen LogP contribution < -0.4 is 9.46 Å². The Kier molecular flexibility index (Phi) is 4.52. The van der Waals surface area contributed by atoms with Crippen LogP contribution in [0.25, 0.3) is 0 Å². The van der Waals surface area contributed by atoms with E-state index in [1.165, 1.54) is 25.0 Å². The van der Waals surface area contributed by atoms with E-state index in [9.17, 15) is 12.8 Å². The summed E-state index contributed by atoms with van der Waals surface area (Å²) in [6.07, 6.45) is 4.61. The Labute approximate surface area is 135 Å². The molecule has 23 heavy (non-hydrogen) atoms. The van der Waals surface area contributed by atoms with Gasteiger partial charge in [-0.15, -0.1) is 0 Å². The van der Waals surface area contributed by atoms with Crippen molar-refractivity contribution in [2.75, 3.05) is 4.72 Å². The number of ether oxygens (including phenoxy) is 1. The van der Waals surface area contributed by atoms with Crippen LogP contribution in [0.2, 0.25) is 0 Å². The summed E-state index contributed by atoms with van der Waals surface area (Å²) in [5, 5.41) is 0. The first-order valence-electron chi connectivity index (χ1n) is 7.58. The van der Waals surface area contributed by atoms with Crippen molar-refractivity contribution in [3.8, 4) is 5.75 Å². The van der Waals surface area contributed by atoms with Crippen LogP contribution in [0.4, 0.5) is 10.1 Å². The third-order valence-corrected chi connectivity index (χ3v) is 5.21. The predicted octanol–water partition coefficient (Wildman–Crippen LogP) is 3.95. The molecule has 1 aliphatic carbocycles. The molecule has 1 saturated carbocycles. The van der Waals surface area contributed by atoms with Gasteiger partial charge in [0.2, 0.25) is 0 Å². The average Bonchev–Trinajstić information content (AvgIpc) is 3.00. The van der Waals surface area contributed by atoms with E-state index in [2.05, 4.69) is 4.72 Å². The Morgan fingerprint density at radius 3 is 2.43 bits per heavy atom. The van der Waals surface area contributed by atoms with E-state index < -0.39 is 15.8 Å². The molecule has 2 aromatic carbocycles. The van der Waals surface area contributed by atoms with Crippen LogP contribution in [0.5, 0.6) is 5.75 Å². The molecule has 1 fully saturated rings. The quantitative estimate of drug-likeness (QED) is 0.900. The van der Waals surface area contributed by atoms with Crippen molar-refractivity contribution in [3.63, 3.8) is 0 Å². The molecule has 3 rings (SSSR count). The van der Waals surface area contributed by atoms with E-state index in [0.717, 1.165) is 25.0 Å². The van der Waals surface area contributed by atoms with Crippen molar-refractivity contribution < 1.29 is 17.5 Å². The highest BCUT2D eigenvalue weighted by molar-refractivity contribution is 7.92. The topological polar surface area (TPSA) is 55.4 Å². The highest BCUT2D eigenvalue weighted by atomic mass is 32.2. The Hall–Kier alpha value is -2.08. The lowest BCUT2D eigenvalue weighted by Crippen LogP contribution is -2.14. The molecule has 2 aromatic rings. The molecule has 0 saturated heterocycles. The summed E-state index contributed by atoms with van der Waals surface area (Å²) in [4.78, 5) is 0.0148. The average molecular weight is 335 g/mol. The second-order valence-electron chi connectivity index (χ2n) is 5.61. The normalized spacial score (nSPS) is 15.5. The van der Waals surface area contributed by atoms with E-state index in [4.69, 9.17) is 4.74 Å². The molecule has 122 valence electrons. The number of benzene rings is 2. The van der Waals surface area contributed by atoms with Crippen molar-refractivity contribution in [3.05, 3.63) is 54.3 Å². The van der Waals surface area contributed by atoms with Gasteiger partial charge in [-0.25, -0.2) is 12.8 Å². The molecule has 0 radical (unpaired) electrons. The van der Waals surface area contributed by atoms with E-state index in [1.807, 2.05) is 6.07 Å². The lowest BCUT2D eigenvalue weighted by molar-refractivity contribution is 0.210. The van der Waals surface area contributed by atoms with Gasteiger partial charge in [0, 0.05) is 6.07 Å². The van der Waals surface area contributed by atoms with E-state index >= 15 is 0 Å². The summed E-state index contributed by atoms with van der Waals surface area (Å²) < 4.78 is 45.9. The monoisotopic (exact) mass is 335 g/mol. The van der Waals surface area contributed by atoms with Gasteiger partial charge in [-0.3, -0.25) is 4.72 Å². The Bertz CT molecular complexity index is 769. The minimum atomic E-state index is -3.75. The van der Waals surface area contributed by atoms with Gasteiger partial charge in [0.1, 0.15) is 11.6 Å². The number of hydrogen-bond donors (Lipinski definition) is 1. The number of rotatable bonds is 5. The van der Waals surface area contributed by atoms with Crippen LogP contribution in [0, 0.1) is 5.82 Å². The van der Waals surface area contributed by atoms with Crippen molar-refractivity contribution in [2.45, 2.75) is 36.7 Å². The standard InChI is InChI=1S/C17H18FNO3S/c18-13-8-10-17(11-9-13)23(20,21)19-14-4-3-7-16(12-14)22-15-5-1-2-6-15/h3-4,7-12,15,19H,1-2,5-6H2. The van der Waals surface area contributed by atoms with Gasteiger partial charge in [-0.05, 0) is 62.1 Å². The summed E-state index contributed by atoms with van der Waals surface area (Å²) in [5.41, 5.74) is 0.421. The van der Waals surface area contributed by atoms with Crippen molar-refractivity contribution in [2.24, 2.45) is 0 Å². The highest BCUT2D eigenvalue weighted by Gasteiger charge is 2.18. The van der Waals surface area contributed by atoms with Gasteiger partial charge in [-0.1, -0.05) is 6.07 Å². The minimum Gasteiger partial charge on any atom is -0.490 e. The largest absolute Gasteiger partial charge is 0.490 e. The summed E-state index contributed by atoms with van der Waals surface area (Å²) in [5.74, 6) is 0.173. The van der Waals surface area contributed by atoms with Crippen molar-refractivity contribution in [1.82, 2.24) is 0 Å². The van der Waals surface area contributed by atoms with E-state index in [1.54, 1.807) is 18.2 Å². The highest BCUT2D eigenvalue weighted by Crippen LogP contribution is 2.26. The number of nitrogens with one attached hydrogen (secondary N) is 1. The number of halogens is 1. The van der Waals surface area contributed by atoms with E-state index in [-0.39, 0.29) is 11.0 Å². The fourth-order valence-electron chi connectivity index (χ4n) is 2.66. The Balaban J connectivity index is 1.75. The second-order valence-corrected chi connectivity index (χ2v) is 7.29. The molecular formula is C17H18FNO3S. The molecule has 1 N–H and O–H groups in total. The molecular weight excluding hydrogens is 317 g/mol. The zero-order valence-electron chi connectivity index (χ0n) is 12.5. The minimum absolute atomic E-state index is 0.0148. The molecule has 0 bridgehead atoms. The fourth-order valence-corrected chi connectivity index (χ4v) is 3.71. The predicted molar refractivity (Wildman–Crippen MR) is 86.5 cm³/mol. The first-order chi connectivity index (χ1) is 11.0. The Morgan fingerprint density at radius 1 is 1.04 bits per heavy atom. The molecule has 4 nitrogen and oxygen atoms in total. The van der Waals surface area contributed by atoms with Gasteiger partial charge >= 0.3 is 0 Å². The smallest absolute Gasteiger partial charge is 0.261 e. The van der Waals surface area contributed by atoms with Crippen LogP contribution in [0.1, 0.15) is 25.7 Å². The lowest BCUT2D eigenvalue weighted by Gasteiger charge is -2.14. The lowest BCUT2D eigenvalue weighted by atomic mass is 10.3. The third kappa shape index (κ3) is 4.01. The zero-order valence-corrected chi connectivity index (χ0v) is 13.4. The maximum atomic E-state index is 12.9. The number of sulfonamides is 1. The first-order valence-corrected chi connectivity index (χ1v) is 9.06. The molecule has 0 amide bonds. The molecule has 0 heterocycles. The van der Waals surface area contributed by atoms with Crippen LogP contribution >= 0.6 is 0 Å². The summed E-state index contributed by atoms with van der Waals surface area (Å²) in [6, 6.07) is 11.6. The summed E-state index contributed by atoms with van der Waals surface area (Å²) in [7, 11) is -3.75. The van der Waals surface area contributed by atoms with E-state index in [0.29, 0.717) is 11.4 Å². The van der Waals surface area contributed by atoms with Crippen molar-refractivity contribution >= 4 is 15.7 Å². The van der Waals surface area contributed by atoms with Gasteiger partial charge in [0.25, 0.3) is 10.0 Å². The first kappa shape index (κ1) is 15.8. The summed E-state index contributed by atoms with van der Waals surface area (Å²) in [6.45, 7) is 0. The van der Waals surface area contributed by atoms with Crippen molar-refractivity contribution in [1.29, 1.82) is 0 Å². The van der Waals surface area contributed by atoms with Crippen LogP contribution in [-0.4, -0.2) is 14.5 Å². The Morgan fingerprint density at radius 2 is 1.74 bits per heavy atom. The molecule has 0 atom stereocenters. The van der Waals surface area contributed by atoms with Crippen LogP contribution in [-0.2, 0) is 10.0 Å². The fraction of sp³-hybridized carbons (Fsp3) is 0.294. The molecule has 0 spiro atoms. The van der Waals surface area contributed by atoms with Crippen LogP contribution in [0.15, 0.2) is 53.4 Å². The number of hydrogen-bond acceptors (Lipinski definition) is 3. The maximum absolute atomic E-state index is 12.9. The molecule has 6 heteroatoms. The molecule has 0 aliphatic heterocycles. The number of anilines is 1. The molecule has 0 aromatic heterocycles. The van der Waals surface area contributed by atoms with Gasteiger partial charge < -0.3 is 4.74 Å². The van der Waals surface area contributed by atoms with Gasteiger partial charge in [0.05, 0.1) is 16.7 Å². The van der Waals surface area contributed by atoms with Gasteiger partial charge in [-0.2, -0.15) is 0 Å². The van der Waals surface area contributed by atoms with Gasteiger partial charge in [0.15, 0.2) is 0 Å². The summed E-state index contributed by atoms with van der Waals surface area (Å²) >= 11 is 0. The second kappa shape index (κ2) is 6.58. The maximum Gasteiger partial charge on any atom is 0.261 e. The molecule has 1 aliphatic rings. The van der Waals surface area contributed by atoms with Crippen LogP contribution in [0.3, 0.4) is 0 Å².